The molecule has 28 heavy (non-hydrogen) atoms. The highest BCUT2D eigenvalue weighted by atomic mass is 35.5. The monoisotopic (exact) mass is 407 g/mol. The van der Waals surface area contributed by atoms with Gasteiger partial charge in [-0.1, -0.05) is 6.07 Å². The molecular weight excluding hydrogens is 386 g/mol. The number of piperidine rings is 1. The average molecular weight is 408 g/mol. The number of aromatic hydroxyl groups is 1. The molecule has 0 aromatic heterocycles. The highest BCUT2D eigenvalue weighted by Crippen LogP contribution is 2.64. The fraction of sp³-hybridized carbons (Fsp3) is 0.600. The van der Waals surface area contributed by atoms with Gasteiger partial charge in [0.1, 0.15) is 0 Å². The van der Waals surface area contributed by atoms with Crippen LogP contribution in [-0.2, 0) is 21.4 Å². The predicted molar refractivity (Wildman–Crippen MR) is 98.9 cm³/mol. The standard InChI is InChI=1S/C20H22ClNO6/c21-7-1-9-27-18(25)22-8-6-19-15-11-2-3-12(23)16(15)28-17(19)13(24)4-5-20(19,26)14(22)10-11/h2-3,14,17,23,26H,1,4-10H2/t14-,17+,19+,20-/m1/s1. The van der Waals surface area contributed by atoms with E-state index in [1.165, 1.54) is 0 Å². The van der Waals surface area contributed by atoms with Gasteiger partial charge in [0.05, 0.1) is 23.7 Å². The minimum atomic E-state index is -1.30. The SMILES string of the molecule is O=C1CC[C@@]2(O)[C@H]3Cc4ccc(O)c5c4[C@@]2(CCN3C(=O)OCCCCl)[C@H]1O5. The lowest BCUT2D eigenvalue weighted by atomic mass is 9.49. The van der Waals surface area contributed by atoms with Crippen LogP contribution in [0.2, 0.25) is 0 Å². The van der Waals surface area contributed by atoms with Gasteiger partial charge in [0, 0.05) is 24.4 Å². The van der Waals surface area contributed by atoms with E-state index in [0.717, 1.165) is 11.1 Å². The van der Waals surface area contributed by atoms with Crippen LogP contribution in [0.25, 0.3) is 0 Å². The summed E-state index contributed by atoms with van der Waals surface area (Å²) < 4.78 is 11.3. The number of hydrogen-bond donors (Lipinski definition) is 2. The molecule has 0 radical (unpaired) electrons. The maximum absolute atomic E-state index is 12.7. The topological polar surface area (TPSA) is 96.3 Å². The predicted octanol–water partition coefficient (Wildman–Crippen LogP) is 1.88. The number of likely N-dealkylation sites (tertiary alicyclic amines) is 1. The quantitative estimate of drug-likeness (QED) is 0.586. The van der Waals surface area contributed by atoms with Crippen LogP contribution in [0.15, 0.2) is 12.1 Å². The van der Waals surface area contributed by atoms with Crippen molar-refractivity contribution in [2.45, 2.75) is 55.3 Å². The normalized spacial score (nSPS) is 34.6. The molecule has 0 unspecified atom stereocenters. The second-order valence-electron chi connectivity index (χ2n) is 8.13. The maximum Gasteiger partial charge on any atom is 0.410 e. The van der Waals surface area contributed by atoms with E-state index in [0.29, 0.717) is 37.4 Å². The van der Waals surface area contributed by atoms with E-state index in [4.69, 9.17) is 21.1 Å². The third-order valence-corrected chi connectivity index (χ3v) is 7.26. The molecule has 1 spiro atoms. The smallest absolute Gasteiger partial charge is 0.410 e. The molecule has 2 N–H and O–H groups in total. The number of carbonyl (C=O) groups is 2. The lowest BCUT2D eigenvalue weighted by Gasteiger charge is -2.61. The minimum Gasteiger partial charge on any atom is -0.504 e. The second kappa shape index (κ2) is 6.00. The fourth-order valence-corrected chi connectivity index (χ4v) is 5.95. The zero-order chi connectivity index (χ0) is 19.7. The zero-order valence-corrected chi connectivity index (χ0v) is 16.1. The van der Waals surface area contributed by atoms with Gasteiger partial charge in [0.25, 0.3) is 0 Å². The fourth-order valence-electron chi connectivity index (χ4n) is 5.84. The van der Waals surface area contributed by atoms with Crippen LogP contribution in [0.4, 0.5) is 4.79 Å². The summed E-state index contributed by atoms with van der Waals surface area (Å²) >= 11 is 5.66. The molecule has 7 nitrogen and oxygen atoms in total. The highest BCUT2D eigenvalue weighted by molar-refractivity contribution is 6.17. The Labute approximate surface area is 167 Å². The lowest BCUT2D eigenvalue weighted by molar-refractivity contribution is -0.183. The molecule has 4 aliphatic rings. The highest BCUT2D eigenvalue weighted by Gasteiger charge is 2.73. The van der Waals surface area contributed by atoms with E-state index in [-0.39, 0.29) is 31.0 Å². The number of carbonyl (C=O) groups excluding carboxylic acids is 2. The Morgan fingerprint density at radius 3 is 3.00 bits per heavy atom. The number of phenolic OH excluding ortho intramolecular Hbond substituents is 1. The van der Waals surface area contributed by atoms with Gasteiger partial charge in [-0.05, 0) is 37.3 Å². The molecule has 1 saturated heterocycles. The number of ketones is 1. The number of benzene rings is 1. The molecule has 2 fully saturated rings. The van der Waals surface area contributed by atoms with E-state index < -0.39 is 29.3 Å². The number of amides is 1. The zero-order valence-electron chi connectivity index (χ0n) is 15.3. The number of phenols is 1. The Morgan fingerprint density at radius 1 is 1.39 bits per heavy atom. The molecule has 2 heterocycles. The maximum atomic E-state index is 12.7. The molecular formula is C20H22ClNO6. The summed E-state index contributed by atoms with van der Waals surface area (Å²) in [4.78, 5) is 27.0. The van der Waals surface area contributed by atoms with Crippen LogP contribution in [0.5, 0.6) is 11.5 Å². The Hall–Kier alpha value is -1.99. The van der Waals surface area contributed by atoms with E-state index in [1.54, 1.807) is 17.0 Å². The van der Waals surface area contributed by atoms with Gasteiger partial charge in [0.15, 0.2) is 23.4 Å². The summed E-state index contributed by atoms with van der Waals surface area (Å²) in [5, 5.41) is 22.3. The van der Waals surface area contributed by atoms with E-state index >= 15 is 0 Å². The van der Waals surface area contributed by atoms with Crippen LogP contribution in [0, 0.1) is 0 Å². The van der Waals surface area contributed by atoms with Gasteiger partial charge in [-0.25, -0.2) is 4.79 Å². The summed E-state index contributed by atoms with van der Waals surface area (Å²) in [6.07, 6.45) is 0.518. The van der Waals surface area contributed by atoms with Gasteiger partial charge in [-0.3, -0.25) is 4.79 Å². The average Bonchev–Trinajstić information content (AvgIpc) is 3.02. The number of aliphatic hydroxyl groups is 1. The largest absolute Gasteiger partial charge is 0.504 e. The van der Waals surface area contributed by atoms with Crippen molar-refractivity contribution in [3.8, 4) is 11.5 Å². The molecule has 1 saturated carbocycles. The number of nitrogens with zero attached hydrogens (tertiary/aromatic N) is 1. The van der Waals surface area contributed by atoms with Crippen LogP contribution >= 0.6 is 11.6 Å². The number of alkyl halides is 1. The number of rotatable bonds is 3. The Morgan fingerprint density at radius 2 is 2.21 bits per heavy atom. The van der Waals surface area contributed by atoms with Crippen LogP contribution < -0.4 is 4.74 Å². The van der Waals surface area contributed by atoms with Crippen molar-refractivity contribution in [1.82, 2.24) is 4.90 Å². The van der Waals surface area contributed by atoms with E-state index in [1.807, 2.05) is 0 Å². The summed E-state index contributed by atoms with van der Waals surface area (Å²) in [7, 11) is 0. The first-order valence-electron chi connectivity index (χ1n) is 9.70. The van der Waals surface area contributed by atoms with Gasteiger partial charge in [-0.15, -0.1) is 11.6 Å². The van der Waals surface area contributed by atoms with Gasteiger partial charge in [0.2, 0.25) is 0 Å². The van der Waals surface area contributed by atoms with Gasteiger partial charge < -0.3 is 24.6 Å². The number of Topliss-reactive ketones (excluding diaryl/α,β-unsaturated/α-hetero) is 1. The molecule has 8 heteroatoms. The summed E-state index contributed by atoms with van der Waals surface area (Å²) in [5.41, 5.74) is -0.583. The first-order chi connectivity index (χ1) is 13.4. The van der Waals surface area contributed by atoms with Gasteiger partial charge in [-0.2, -0.15) is 0 Å². The second-order valence-corrected chi connectivity index (χ2v) is 8.51. The van der Waals surface area contributed by atoms with E-state index in [9.17, 15) is 19.8 Å². The molecule has 2 bridgehead atoms. The minimum absolute atomic E-state index is 0.0148. The van der Waals surface area contributed by atoms with Crippen molar-refractivity contribution in [1.29, 1.82) is 0 Å². The molecule has 1 amide bonds. The first kappa shape index (κ1) is 18.1. The van der Waals surface area contributed by atoms with Crippen LogP contribution in [0.1, 0.15) is 36.8 Å². The Bertz CT molecular complexity index is 874. The molecule has 2 aliphatic carbocycles. The number of ether oxygens (including phenoxy) is 2. The number of halogens is 1. The third kappa shape index (κ3) is 2.04. The Balaban J connectivity index is 1.61. The summed E-state index contributed by atoms with van der Waals surface area (Å²) in [6.45, 7) is 0.586. The Kier molecular flexibility index (Phi) is 3.87. The van der Waals surface area contributed by atoms with Crippen molar-refractivity contribution in [3.05, 3.63) is 23.3 Å². The number of hydrogen-bond acceptors (Lipinski definition) is 6. The summed E-state index contributed by atoms with van der Waals surface area (Å²) in [6, 6.07) is 2.85. The van der Waals surface area contributed by atoms with Gasteiger partial charge >= 0.3 is 6.09 Å². The van der Waals surface area contributed by atoms with Crippen LogP contribution in [-0.4, -0.2) is 63.8 Å². The van der Waals surface area contributed by atoms with E-state index in [2.05, 4.69) is 0 Å². The van der Waals surface area contributed by atoms with Crippen molar-refractivity contribution in [3.63, 3.8) is 0 Å². The first-order valence-corrected chi connectivity index (χ1v) is 10.2. The lowest BCUT2D eigenvalue weighted by Crippen LogP contribution is -2.77. The molecule has 150 valence electrons. The molecule has 2 aliphatic heterocycles. The molecule has 1 aromatic carbocycles. The molecule has 5 rings (SSSR count). The third-order valence-electron chi connectivity index (χ3n) is 7.00. The van der Waals surface area contributed by atoms with Crippen LogP contribution in [0.3, 0.4) is 0 Å². The summed E-state index contributed by atoms with van der Waals surface area (Å²) in [5.74, 6) is 0.640. The molecule has 1 aromatic rings. The van der Waals surface area contributed by atoms with Crippen molar-refractivity contribution in [2.24, 2.45) is 0 Å². The molecule has 4 atom stereocenters. The van der Waals surface area contributed by atoms with Crippen molar-refractivity contribution >= 4 is 23.5 Å². The van der Waals surface area contributed by atoms with Crippen molar-refractivity contribution in [2.75, 3.05) is 19.0 Å². The van der Waals surface area contributed by atoms with Crippen molar-refractivity contribution < 1.29 is 29.3 Å².